The zero-order valence-electron chi connectivity index (χ0n) is 16.7. The Balaban J connectivity index is 1.79. The maximum atomic E-state index is 12.1. The predicted molar refractivity (Wildman–Crippen MR) is 103 cm³/mol. The van der Waals surface area contributed by atoms with Gasteiger partial charge < -0.3 is 19.4 Å². The van der Waals surface area contributed by atoms with E-state index in [4.69, 9.17) is 14.0 Å². The molecule has 0 spiro atoms. The molecule has 1 saturated carbocycles. The number of Topliss-reactive ketones (excluding diaryl/α,β-unsaturated/α-hetero) is 1. The van der Waals surface area contributed by atoms with Crippen molar-refractivity contribution in [2.75, 3.05) is 13.7 Å². The van der Waals surface area contributed by atoms with Crippen LogP contribution < -0.4 is 10.8 Å². The molecule has 1 N–H and O–H groups in total. The molecule has 1 saturated heterocycles. The summed E-state index contributed by atoms with van der Waals surface area (Å²) in [6, 6.07) is 7.00. The number of hydrogen-bond acceptors (Lipinski definition) is 6. The number of ether oxygens (including phenoxy) is 1. The van der Waals surface area contributed by atoms with E-state index in [9.17, 15) is 9.59 Å². The number of ketones is 1. The third-order valence-electron chi connectivity index (χ3n) is 5.85. The zero-order valence-corrected chi connectivity index (χ0v) is 16.7. The van der Waals surface area contributed by atoms with Crippen LogP contribution in [0.2, 0.25) is 0 Å². The van der Waals surface area contributed by atoms with E-state index in [1.807, 2.05) is 32.9 Å². The highest BCUT2D eigenvalue weighted by atomic mass is 16.7. The largest absolute Gasteiger partial charge is 0.495 e. The third kappa shape index (κ3) is 3.95. The Bertz CT molecular complexity index is 733. The second-order valence-electron chi connectivity index (χ2n) is 8.19. The van der Waals surface area contributed by atoms with Gasteiger partial charge in [0.15, 0.2) is 0 Å². The highest BCUT2D eigenvalue weighted by molar-refractivity contribution is 6.63. The van der Waals surface area contributed by atoms with Gasteiger partial charge in [-0.2, -0.15) is 0 Å². The predicted octanol–water partition coefficient (Wildman–Crippen LogP) is 1.71. The summed E-state index contributed by atoms with van der Waals surface area (Å²) < 4.78 is 17.4. The molecule has 2 atom stereocenters. The number of rotatable bonds is 7. The first-order valence-electron chi connectivity index (χ1n) is 9.45. The van der Waals surface area contributed by atoms with Crippen LogP contribution >= 0.6 is 0 Å². The van der Waals surface area contributed by atoms with E-state index in [1.54, 1.807) is 19.1 Å². The minimum atomic E-state index is -0.682. The molecule has 0 radical (unpaired) electrons. The van der Waals surface area contributed by atoms with Gasteiger partial charge in [0.25, 0.3) is 0 Å². The summed E-state index contributed by atoms with van der Waals surface area (Å²) in [4.78, 5) is 24.1. The summed E-state index contributed by atoms with van der Waals surface area (Å²) in [5.74, 6) is 0.158. The zero-order chi connectivity index (χ0) is 19.8. The quantitative estimate of drug-likeness (QED) is 0.580. The Morgan fingerprint density at radius 1 is 1.26 bits per heavy atom. The Morgan fingerprint density at radius 2 is 1.93 bits per heavy atom. The van der Waals surface area contributed by atoms with Crippen LogP contribution in [0.1, 0.15) is 50.9 Å². The van der Waals surface area contributed by atoms with Gasteiger partial charge in [-0.15, -0.1) is 0 Å². The van der Waals surface area contributed by atoms with E-state index in [0.29, 0.717) is 23.5 Å². The van der Waals surface area contributed by atoms with Gasteiger partial charge in [-0.25, -0.2) is 4.79 Å². The van der Waals surface area contributed by atoms with Crippen molar-refractivity contribution in [2.24, 2.45) is 5.92 Å². The third-order valence-corrected chi connectivity index (χ3v) is 5.85. The number of carbonyl (C=O) groups is 2. The monoisotopic (exact) mass is 373 g/mol. The molecule has 1 heterocycles. The normalized spacial score (nSPS) is 25.3. The smallest absolute Gasteiger partial charge is 0.465 e. The molecule has 1 aliphatic carbocycles. The average molecular weight is 373 g/mol. The second kappa shape index (κ2) is 7.38. The standard InChI is InChI=1S/C20H28BNO5/c1-13(23)17(14-10-11-14)22-12-20(4)19(2,3)26-21(27-20)16-9-7-6-8-15(16)18(24)25-5/h6-9,14,17,22H,10-12H2,1-5H3. The van der Waals surface area contributed by atoms with Crippen LogP contribution in [-0.2, 0) is 18.8 Å². The van der Waals surface area contributed by atoms with Crippen LogP contribution in [-0.4, -0.2) is 49.8 Å². The van der Waals surface area contributed by atoms with Crippen LogP contribution in [0, 0.1) is 5.92 Å². The summed E-state index contributed by atoms with van der Waals surface area (Å²) in [6.45, 7) is 8.03. The van der Waals surface area contributed by atoms with Gasteiger partial charge >= 0.3 is 13.1 Å². The molecule has 1 aliphatic heterocycles. The molecule has 2 aliphatic rings. The summed E-state index contributed by atoms with van der Waals surface area (Å²) in [5, 5.41) is 3.39. The van der Waals surface area contributed by atoms with Crippen LogP contribution in [0.25, 0.3) is 0 Å². The van der Waals surface area contributed by atoms with Gasteiger partial charge in [0.2, 0.25) is 0 Å². The molecule has 27 heavy (non-hydrogen) atoms. The van der Waals surface area contributed by atoms with E-state index < -0.39 is 24.3 Å². The first-order chi connectivity index (χ1) is 12.7. The molecule has 7 heteroatoms. The van der Waals surface area contributed by atoms with Crippen molar-refractivity contribution in [3.8, 4) is 0 Å². The van der Waals surface area contributed by atoms with E-state index >= 15 is 0 Å². The van der Waals surface area contributed by atoms with Gasteiger partial charge in [0, 0.05) is 6.54 Å². The van der Waals surface area contributed by atoms with E-state index in [0.717, 1.165) is 12.8 Å². The Kier molecular flexibility index (Phi) is 5.48. The van der Waals surface area contributed by atoms with Crippen LogP contribution in [0.4, 0.5) is 0 Å². The molecule has 0 amide bonds. The minimum absolute atomic E-state index is 0.136. The number of nitrogens with one attached hydrogen (secondary N) is 1. The van der Waals surface area contributed by atoms with Crippen molar-refractivity contribution in [3.05, 3.63) is 29.8 Å². The molecule has 3 rings (SSSR count). The highest BCUT2D eigenvalue weighted by Gasteiger charge is 2.55. The van der Waals surface area contributed by atoms with E-state index in [1.165, 1.54) is 7.11 Å². The second-order valence-corrected chi connectivity index (χ2v) is 8.19. The lowest BCUT2D eigenvalue weighted by atomic mass is 9.76. The van der Waals surface area contributed by atoms with Crippen molar-refractivity contribution in [1.29, 1.82) is 0 Å². The lowest BCUT2D eigenvalue weighted by molar-refractivity contribution is -0.119. The first-order valence-corrected chi connectivity index (χ1v) is 9.45. The first kappa shape index (κ1) is 20.0. The fraction of sp³-hybridized carbons (Fsp3) is 0.600. The number of methoxy groups -OCH3 is 1. The molecule has 0 bridgehead atoms. The highest BCUT2D eigenvalue weighted by Crippen LogP contribution is 2.38. The van der Waals surface area contributed by atoms with Crippen molar-refractivity contribution < 1.29 is 23.6 Å². The lowest BCUT2D eigenvalue weighted by Crippen LogP contribution is -2.55. The van der Waals surface area contributed by atoms with Gasteiger partial charge in [-0.1, -0.05) is 18.2 Å². The fourth-order valence-electron chi connectivity index (χ4n) is 3.55. The minimum Gasteiger partial charge on any atom is -0.465 e. The molecule has 2 fully saturated rings. The van der Waals surface area contributed by atoms with Gasteiger partial charge in [-0.3, -0.25) is 4.79 Å². The van der Waals surface area contributed by atoms with Gasteiger partial charge in [0.1, 0.15) is 5.78 Å². The van der Waals surface area contributed by atoms with E-state index in [-0.39, 0.29) is 11.8 Å². The molecule has 146 valence electrons. The van der Waals surface area contributed by atoms with Crippen molar-refractivity contribution in [3.63, 3.8) is 0 Å². The lowest BCUT2D eigenvalue weighted by Gasteiger charge is -2.37. The summed E-state index contributed by atoms with van der Waals surface area (Å²) in [5.41, 5.74) is -0.202. The van der Waals surface area contributed by atoms with Crippen molar-refractivity contribution >= 4 is 24.3 Å². The van der Waals surface area contributed by atoms with Crippen LogP contribution in [0.15, 0.2) is 24.3 Å². The summed E-state index contributed by atoms with van der Waals surface area (Å²) in [7, 11) is 0.673. The Labute approximate surface area is 161 Å². The number of hydrogen-bond donors (Lipinski definition) is 1. The fourth-order valence-corrected chi connectivity index (χ4v) is 3.55. The molecular formula is C20H28BNO5. The Hall–Kier alpha value is -1.70. The number of benzene rings is 1. The molecule has 1 aromatic carbocycles. The van der Waals surface area contributed by atoms with Crippen molar-refractivity contribution in [2.45, 2.75) is 57.8 Å². The molecule has 2 unspecified atom stereocenters. The molecular weight excluding hydrogens is 345 g/mol. The molecule has 0 aromatic heterocycles. The maximum absolute atomic E-state index is 12.1. The number of carbonyl (C=O) groups excluding carboxylic acids is 2. The Morgan fingerprint density at radius 3 is 2.52 bits per heavy atom. The number of esters is 1. The molecule has 1 aromatic rings. The SMILES string of the molecule is COC(=O)c1ccccc1B1OC(C)(C)C(C)(CNC(C(C)=O)C2CC2)O1. The molecule has 6 nitrogen and oxygen atoms in total. The summed E-state index contributed by atoms with van der Waals surface area (Å²) in [6.07, 6.45) is 2.17. The maximum Gasteiger partial charge on any atom is 0.495 e. The van der Waals surface area contributed by atoms with Crippen LogP contribution in [0.3, 0.4) is 0 Å². The van der Waals surface area contributed by atoms with E-state index in [2.05, 4.69) is 5.32 Å². The van der Waals surface area contributed by atoms with Gasteiger partial charge in [0.05, 0.1) is 29.9 Å². The van der Waals surface area contributed by atoms with Gasteiger partial charge in [-0.05, 0) is 58.0 Å². The van der Waals surface area contributed by atoms with Crippen LogP contribution in [0.5, 0.6) is 0 Å². The van der Waals surface area contributed by atoms with Crippen molar-refractivity contribution in [1.82, 2.24) is 5.32 Å². The topological polar surface area (TPSA) is 73.9 Å². The summed E-state index contributed by atoms with van der Waals surface area (Å²) >= 11 is 0. The average Bonchev–Trinajstić information content (AvgIpc) is 3.41.